The molecule has 0 aromatic carbocycles. The molecule has 1 saturated heterocycles. The van der Waals surface area contributed by atoms with Crippen molar-refractivity contribution < 1.29 is 4.74 Å². The Morgan fingerprint density at radius 2 is 2.13 bits per heavy atom. The van der Waals surface area contributed by atoms with Gasteiger partial charge in [0.15, 0.2) is 0 Å². The zero-order valence-electron chi connectivity index (χ0n) is 9.88. The maximum Gasteiger partial charge on any atom is 0.0589 e. The number of hydrogen-bond acceptors (Lipinski definition) is 3. The highest BCUT2D eigenvalue weighted by Gasteiger charge is 2.17. The average molecular weight is 210 g/mol. The molecule has 86 valence electrons. The lowest BCUT2D eigenvalue weighted by Gasteiger charge is -2.31. The molecule has 0 amide bonds. The van der Waals surface area contributed by atoms with Gasteiger partial charge in [0.25, 0.3) is 0 Å². The molecule has 1 aliphatic heterocycles. The topological polar surface area (TPSA) is 24.5 Å². The number of methoxy groups -OCH3 is 1. The van der Waals surface area contributed by atoms with Crippen LogP contribution in [-0.2, 0) is 4.74 Å². The third kappa shape index (κ3) is 5.17. The van der Waals surface area contributed by atoms with E-state index in [4.69, 9.17) is 4.74 Å². The minimum atomic E-state index is 0.657. The van der Waals surface area contributed by atoms with Crippen molar-refractivity contribution in [2.45, 2.75) is 25.8 Å². The molecule has 0 aromatic heterocycles. The molecule has 3 nitrogen and oxygen atoms in total. The van der Waals surface area contributed by atoms with Crippen LogP contribution in [0.3, 0.4) is 0 Å². The van der Waals surface area contributed by atoms with Crippen LogP contribution in [0.4, 0.5) is 0 Å². The van der Waals surface area contributed by atoms with Crippen LogP contribution in [0.2, 0.25) is 0 Å². The van der Waals surface area contributed by atoms with Crippen LogP contribution in [0.15, 0.2) is 0 Å². The van der Waals surface area contributed by atoms with Gasteiger partial charge in [0, 0.05) is 19.7 Å². The van der Waals surface area contributed by atoms with Crippen molar-refractivity contribution >= 4 is 0 Å². The smallest absolute Gasteiger partial charge is 0.0589 e. The van der Waals surface area contributed by atoms with Crippen molar-refractivity contribution in [1.29, 1.82) is 0 Å². The Kier molecular flexibility index (Phi) is 6.42. The number of rotatable bonds is 5. The molecule has 3 heteroatoms. The van der Waals surface area contributed by atoms with Crippen LogP contribution >= 0.6 is 0 Å². The van der Waals surface area contributed by atoms with Gasteiger partial charge in [0.05, 0.1) is 13.2 Å². The molecule has 1 aliphatic rings. The molecule has 1 N–H and O–H groups in total. The number of ether oxygens (including phenoxy) is 1. The predicted molar refractivity (Wildman–Crippen MR) is 62.8 cm³/mol. The van der Waals surface area contributed by atoms with Crippen LogP contribution in [-0.4, -0.2) is 50.8 Å². The number of nitrogens with zero attached hydrogens (tertiary/aromatic N) is 1. The third-order valence-electron chi connectivity index (χ3n) is 2.86. The molecule has 0 aromatic rings. The summed E-state index contributed by atoms with van der Waals surface area (Å²) in [5.74, 6) is 5.95. The molecule has 0 bridgehead atoms. The number of piperidine rings is 1. The van der Waals surface area contributed by atoms with E-state index in [1.54, 1.807) is 7.11 Å². The summed E-state index contributed by atoms with van der Waals surface area (Å²) in [7, 11) is 1.76. The molecule has 0 radical (unpaired) electrons. The molecule has 0 atom stereocenters. The first-order chi connectivity index (χ1) is 7.36. The molecule has 15 heavy (non-hydrogen) atoms. The van der Waals surface area contributed by atoms with Crippen LogP contribution in [0.1, 0.15) is 19.8 Å². The molecule has 0 aliphatic carbocycles. The highest BCUT2D eigenvalue weighted by atomic mass is 16.5. The average Bonchev–Trinajstić information content (AvgIpc) is 2.28. The molecule has 0 spiro atoms. The van der Waals surface area contributed by atoms with Crippen molar-refractivity contribution in [2.24, 2.45) is 0 Å². The van der Waals surface area contributed by atoms with Gasteiger partial charge < -0.3 is 15.0 Å². The molecule has 1 fully saturated rings. The Hall–Kier alpha value is -0.560. The molecule has 0 unspecified atom stereocenters. The lowest BCUT2D eigenvalue weighted by molar-refractivity contribution is 0.127. The summed E-state index contributed by atoms with van der Waals surface area (Å²) >= 11 is 0. The van der Waals surface area contributed by atoms with Gasteiger partial charge in [-0.3, -0.25) is 0 Å². The molecular weight excluding hydrogens is 188 g/mol. The van der Waals surface area contributed by atoms with Gasteiger partial charge in [-0.2, -0.15) is 0 Å². The van der Waals surface area contributed by atoms with Gasteiger partial charge >= 0.3 is 0 Å². The second-order valence-corrected chi connectivity index (χ2v) is 3.92. The predicted octanol–water partition coefficient (Wildman–Crippen LogP) is 0.710. The summed E-state index contributed by atoms with van der Waals surface area (Å²) in [5, 5.41) is 3.47. The standard InChI is InChI=1S/C12H22N2O/c1-3-4-7-13-12-5-8-14(9-6-12)10-11-15-2/h12-13H,5-11H2,1-2H3. The van der Waals surface area contributed by atoms with Crippen LogP contribution in [0, 0.1) is 11.8 Å². The Morgan fingerprint density at radius 3 is 2.73 bits per heavy atom. The molecule has 1 heterocycles. The Morgan fingerprint density at radius 1 is 1.40 bits per heavy atom. The van der Waals surface area contributed by atoms with Gasteiger partial charge in [0.1, 0.15) is 0 Å². The zero-order chi connectivity index (χ0) is 10.9. The van der Waals surface area contributed by atoms with Gasteiger partial charge in [-0.1, -0.05) is 5.92 Å². The van der Waals surface area contributed by atoms with Crippen molar-refractivity contribution in [3.63, 3.8) is 0 Å². The fraction of sp³-hybridized carbons (Fsp3) is 0.833. The second-order valence-electron chi connectivity index (χ2n) is 3.92. The van der Waals surface area contributed by atoms with Crippen LogP contribution < -0.4 is 5.32 Å². The summed E-state index contributed by atoms with van der Waals surface area (Å²) in [6.45, 7) is 6.99. The van der Waals surface area contributed by atoms with E-state index in [1.165, 1.54) is 25.9 Å². The molecular formula is C12H22N2O. The monoisotopic (exact) mass is 210 g/mol. The van der Waals surface area contributed by atoms with Crippen molar-refractivity contribution in [1.82, 2.24) is 10.2 Å². The Bertz CT molecular complexity index is 211. The minimum absolute atomic E-state index is 0.657. The number of nitrogens with one attached hydrogen (secondary N) is 1. The van der Waals surface area contributed by atoms with Gasteiger partial charge in [0.2, 0.25) is 0 Å². The van der Waals surface area contributed by atoms with E-state index in [0.29, 0.717) is 6.04 Å². The summed E-state index contributed by atoms with van der Waals surface area (Å²) in [6, 6.07) is 0.657. The van der Waals surface area contributed by atoms with E-state index in [1.807, 2.05) is 6.92 Å². The fourth-order valence-corrected chi connectivity index (χ4v) is 1.86. The number of hydrogen-bond donors (Lipinski definition) is 1. The maximum absolute atomic E-state index is 5.08. The SMILES string of the molecule is CC#CCNC1CCN(CCOC)CC1. The Labute approximate surface area is 93.2 Å². The van der Waals surface area contributed by atoms with E-state index in [9.17, 15) is 0 Å². The lowest BCUT2D eigenvalue weighted by atomic mass is 10.1. The molecule has 1 rings (SSSR count). The zero-order valence-corrected chi connectivity index (χ0v) is 9.88. The fourth-order valence-electron chi connectivity index (χ4n) is 1.86. The maximum atomic E-state index is 5.08. The van der Waals surface area contributed by atoms with Crippen molar-refractivity contribution in [2.75, 3.05) is 39.9 Å². The second kappa shape index (κ2) is 7.70. The van der Waals surface area contributed by atoms with Crippen molar-refractivity contribution in [3.05, 3.63) is 0 Å². The summed E-state index contributed by atoms with van der Waals surface area (Å²) < 4.78 is 5.08. The third-order valence-corrected chi connectivity index (χ3v) is 2.86. The van der Waals surface area contributed by atoms with Gasteiger partial charge in [-0.05, 0) is 32.9 Å². The quantitative estimate of drug-likeness (QED) is 0.676. The summed E-state index contributed by atoms with van der Waals surface area (Å²) in [6.07, 6.45) is 2.46. The number of likely N-dealkylation sites (tertiary alicyclic amines) is 1. The highest BCUT2D eigenvalue weighted by molar-refractivity contribution is 4.98. The first-order valence-electron chi connectivity index (χ1n) is 5.71. The van der Waals surface area contributed by atoms with E-state index in [0.717, 1.165) is 19.7 Å². The van der Waals surface area contributed by atoms with Gasteiger partial charge in [-0.15, -0.1) is 5.92 Å². The first-order valence-corrected chi connectivity index (χ1v) is 5.71. The Balaban J connectivity index is 2.08. The van der Waals surface area contributed by atoms with E-state index >= 15 is 0 Å². The summed E-state index contributed by atoms with van der Waals surface area (Å²) in [5.41, 5.74) is 0. The van der Waals surface area contributed by atoms with Crippen LogP contribution in [0.25, 0.3) is 0 Å². The minimum Gasteiger partial charge on any atom is -0.383 e. The van der Waals surface area contributed by atoms with E-state index < -0.39 is 0 Å². The lowest BCUT2D eigenvalue weighted by Crippen LogP contribution is -2.43. The molecule has 0 saturated carbocycles. The normalized spacial score (nSPS) is 18.5. The highest BCUT2D eigenvalue weighted by Crippen LogP contribution is 2.09. The summed E-state index contributed by atoms with van der Waals surface area (Å²) in [4.78, 5) is 2.47. The first kappa shape index (κ1) is 12.5. The van der Waals surface area contributed by atoms with Gasteiger partial charge in [-0.25, -0.2) is 0 Å². The van der Waals surface area contributed by atoms with Crippen molar-refractivity contribution in [3.8, 4) is 11.8 Å². The van der Waals surface area contributed by atoms with E-state index in [2.05, 4.69) is 22.1 Å². The van der Waals surface area contributed by atoms with E-state index in [-0.39, 0.29) is 0 Å². The largest absolute Gasteiger partial charge is 0.383 e. The van der Waals surface area contributed by atoms with Crippen LogP contribution in [0.5, 0.6) is 0 Å².